The van der Waals surface area contributed by atoms with Gasteiger partial charge >= 0.3 is 0 Å². The van der Waals surface area contributed by atoms with Gasteiger partial charge in [-0.15, -0.1) is 0 Å². The molecule has 0 aliphatic carbocycles. The van der Waals surface area contributed by atoms with Crippen LogP contribution in [0, 0.1) is 17.6 Å². The Balaban J connectivity index is 1.56. The molecule has 1 atom stereocenters. The molecule has 25 heavy (non-hydrogen) atoms. The molecule has 1 aromatic carbocycles. The average molecular weight is 354 g/mol. The van der Waals surface area contributed by atoms with Gasteiger partial charge in [-0.2, -0.15) is 0 Å². The average Bonchev–Trinajstić information content (AvgIpc) is 2.66. The van der Waals surface area contributed by atoms with Crippen molar-refractivity contribution in [1.29, 1.82) is 0 Å². The maximum atomic E-state index is 14.3. The molecule has 0 bridgehead atoms. The van der Waals surface area contributed by atoms with Crippen LogP contribution in [0.15, 0.2) is 12.1 Å². The summed E-state index contributed by atoms with van der Waals surface area (Å²) < 4.78 is 33.3. The van der Waals surface area contributed by atoms with Crippen LogP contribution in [-0.2, 0) is 6.54 Å². The molecule has 6 heteroatoms. The summed E-state index contributed by atoms with van der Waals surface area (Å²) in [6.45, 7) is 4.29. The van der Waals surface area contributed by atoms with Gasteiger partial charge in [0.25, 0.3) is 0 Å². The normalized spacial score (nSPS) is 23.8. The molecule has 2 saturated heterocycles. The van der Waals surface area contributed by atoms with Crippen LogP contribution in [0.3, 0.4) is 0 Å². The number of piperidine rings is 2. The lowest BCUT2D eigenvalue weighted by molar-refractivity contribution is 0.0521. The lowest BCUT2D eigenvalue weighted by atomic mass is 9.94. The Hall–Kier alpha value is -1.24. The van der Waals surface area contributed by atoms with Gasteiger partial charge < -0.3 is 9.84 Å². The minimum absolute atomic E-state index is 0.0923. The van der Waals surface area contributed by atoms with Gasteiger partial charge in [-0.25, -0.2) is 8.78 Å². The lowest BCUT2D eigenvalue weighted by Crippen LogP contribution is -2.48. The number of halogens is 2. The summed E-state index contributed by atoms with van der Waals surface area (Å²) in [7, 11) is 1.39. The zero-order valence-corrected chi connectivity index (χ0v) is 14.9. The van der Waals surface area contributed by atoms with E-state index >= 15 is 0 Å². The maximum absolute atomic E-state index is 14.3. The molecule has 1 N–H and O–H groups in total. The second-order valence-corrected chi connectivity index (χ2v) is 7.24. The molecule has 0 spiro atoms. The van der Waals surface area contributed by atoms with Crippen molar-refractivity contribution in [3.63, 3.8) is 0 Å². The summed E-state index contributed by atoms with van der Waals surface area (Å²) in [5.74, 6) is -0.616. The molecule has 4 nitrogen and oxygen atoms in total. The van der Waals surface area contributed by atoms with Gasteiger partial charge in [0.2, 0.25) is 0 Å². The Morgan fingerprint density at radius 2 is 1.92 bits per heavy atom. The SMILES string of the molecule is COc1ccc(F)c(CN2CCC(N3CCC[C@@H](CO)C3)CC2)c1F. The summed E-state index contributed by atoms with van der Waals surface area (Å²) in [5.41, 5.74) is 0.0936. The van der Waals surface area contributed by atoms with Crippen molar-refractivity contribution < 1.29 is 18.6 Å². The van der Waals surface area contributed by atoms with Crippen molar-refractivity contribution in [3.05, 3.63) is 29.3 Å². The van der Waals surface area contributed by atoms with Gasteiger partial charge in [0.1, 0.15) is 5.82 Å². The van der Waals surface area contributed by atoms with Crippen LogP contribution < -0.4 is 4.74 Å². The van der Waals surface area contributed by atoms with Crippen LogP contribution in [0.5, 0.6) is 5.75 Å². The first-order chi connectivity index (χ1) is 12.1. The molecule has 0 aromatic heterocycles. The van der Waals surface area contributed by atoms with Gasteiger partial charge in [-0.1, -0.05) is 0 Å². The van der Waals surface area contributed by atoms with Crippen LogP contribution in [0.25, 0.3) is 0 Å². The van der Waals surface area contributed by atoms with Gasteiger partial charge in [0.05, 0.1) is 7.11 Å². The molecule has 2 aliphatic heterocycles. The fourth-order valence-electron chi connectivity index (χ4n) is 4.12. The minimum atomic E-state index is -0.591. The Bertz CT molecular complexity index is 577. The van der Waals surface area contributed by atoms with E-state index in [4.69, 9.17) is 4.74 Å². The summed E-state index contributed by atoms with van der Waals surface area (Å²) in [5, 5.41) is 9.39. The highest BCUT2D eigenvalue weighted by Gasteiger charge is 2.29. The number of methoxy groups -OCH3 is 1. The van der Waals surface area contributed by atoms with Gasteiger partial charge in [-0.3, -0.25) is 9.80 Å². The van der Waals surface area contributed by atoms with Crippen LogP contribution >= 0.6 is 0 Å². The molecular weight excluding hydrogens is 326 g/mol. The van der Waals surface area contributed by atoms with Crippen LogP contribution in [0.1, 0.15) is 31.2 Å². The second-order valence-electron chi connectivity index (χ2n) is 7.24. The van der Waals surface area contributed by atoms with Crippen LogP contribution in [-0.4, -0.2) is 60.8 Å². The van der Waals surface area contributed by atoms with Gasteiger partial charge in [0.15, 0.2) is 11.6 Å². The van der Waals surface area contributed by atoms with E-state index in [1.807, 2.05) is 0 Å². The lowest BCUT2D eigenvalue weighted by Gasteiger charge is -2.42. The Labute approximate surface area is 148 Å². The van der Waals surface area contributed by atoms with Crippen LogP contribution in [0.2, 0.25) is 0 Å². The van der Waals surface area contributed by atoms with Crippen molar-refractivity contribution in [1.82, 2.24) is 9.80 Å². The van der Waals surface area contributed by atoms with Crippen molar-refractivity contribution in [2.24, 2.45) is 5.92 Å². The van der Waals surface area contributed by atoms with E-state index < -0.39 is 11.6 Å². The number of ether oxygens (including phenoxy) is 1. The molecule has 0 unspecified atom stereocenters. The summed E-state index contributed by atoms with van der Waals surface area (Å²) >= 11 is 0. The first-order valence-electron chi connectivity index (χ1n) is 9.20. The summed E-state index contributed by atoms with van der Waals surface area (Å²) in [4.78, 5) is 4.61. The predicted octanol–water partition coefficient (Wildman–Crippen LogP) is 2.64. The molecule has 2 heterocycles. The van der Waals surface area contributed by atoms with E-state index in [0.717, 1.165) is 51.9 Å². The van der Waals surface area contributed by atoms with Crippen molar-refractivity contribution in [2.75, 3.05) is 39.9 Å². The largest absolute Gasteiger partial charge is 0.494 e. The smallest absolute Gasteiger partial charge is 0.172 e. The molecule has 2 aliphatic rings. The molecule has 0 radical (unpaired) electrons. The summed E-state index contributed by atoms with van der Waals surface area (Å²) in [6, 6.07) is 3.12. The first-order valence-corrected chi connectivity index (χ1v) is 9.20. The second kappa shape index (κ2) is 8.43. The fourth-order valence-corrected chi connectivity index (χ4v) is 4.12. The fraction of sp³-hybridized carbons (Fsp3) is 0.684. The molecule has 3 rings (SSSR count). The molecular formula is C19H28F2N2O2. The highest BCUT2D eigenvalue weighted by Crippen LogP contribution is 2.27. The number of rotatable bonds is 5. The number of hydrogen-bond donors (Lipinski definition) is 1. The van der Waals surface area contributed by atoms with Gasteiger partial charge in [-0.05, 0) is 63.4 Å². The van der Waals surface area contributed by atoms with E-state index in [0.29, 0.717) is 12.0 Å². The highest BCUT2D eigenvalue weighted by molar-refractivity contribution is 5.32. The van der Waals surface area contributed by atoms with E-state index in [2.05, 4.69) is 9.80 Å². The number of aliphatic hydroxyl groups excluding tert-OH is 1. The number of aliphatic hydroxyl groups is 1. The standard InChI is InChI=1S/C19H28F2N2O2/c1-25-18-5-4-17(20)16(19(18)21)12-22-9-6-15(7-10-22)23-8-2-3-14(11-23)13-24/h4-5,14-15,24H,2-3,6-13H2,1H3/t14-/m1/s1. The Morgan fingerprint density at radius 1 is 1.16 bits per heavy atom. The van der Waals surface area contributed by atoms with Crippen molar-refractivity contribution in [2.45, 2.75) is 38.3 Å². The third-order valence-corrected chi connectivity index (χ3v) is 5.63. The van der Waals surface area contributed by atoms with E-state index in [-0.39, 0.29) is 24.5 Å². The molecule has 2 fully saturated rings. The van der Waals surface area contributed by atoms with Crippen molar-refractivity contribution >= 4 is 0 Å². The Morgan fingerprint density at radius 3 is 2.60 bits per heavy atom. The molecule has 0 amide bonds. The van der Waals surface area contributed by atoms with E-state index in [1.54, 1.807) is 0 Å². The zero-order valence-electron chi connectivity index (χ0n) is 14.9. The van der Waals surface area contributed by atoms with E-state index in [9.17, 15) is 13.9 Å². The van der Waals surface area contributed by atoms with Crippen LogP contribution in [0.4, 0.5) is 8.78 Å². The first kappa shape index (κ1) is 18.5. The van der Waals surface area contributed by atoms with E-state index in [1.165, 1.54) is 19.2 Å². The monoisotopic (exact) mass is 354 g/mol. The third-order valence-electron chi connectivity index (χ3n) is 5.63. The maximum Gasteiger partial charge on any atom is 0.172 e. The van der Waals surface area contributed by atoms with Gasteiger partial charge in [0, 0.05) is 31.3 Å². The topological polar surface area (TPSA) is 35.9 Å². The number of hydrogen-bond acceptors (Lipinski definition) is 4. The minimum Gasteiger partial charge on any atom is -0.494 e. The highest BCUT2D eigenvalue weighted by atomic mass is 19.1. The molecule has 140 valence electrons. The summed E-state index contributed by atoms with van der Waals surface area (Å²) in [6.07, 6.45) is 4.27. The van der Waals surface area contributed by atoms with Crippen molar-refractivity contribution in [3.8, 4) is 5.75 Å². The number of benzene rings is 1. The number of likely N-dealkylation sites (tertiary alicyclic amines) is 2. The zero-order chi connectivity index (χ0) is 17.8. The molecule has 0 saturated carbocycles. The Kier molecular flexibility index (Phi) is 6.25. The third kappa shape index (κ3) is 4.30. The molecule has 1 aromatic rings. The number of nitrogens with zero attached hydrogens (tertiary/aromatic N) is 2. The predicted molar refractivity (Wildman–Crippen MR) is 92.6 cm³/mol. The quantitative estimate of drug-likeness (QED) is 0.882.